The molecule has 20 heavy (non-hydrogen) atoms. The Labute approximate surface area is 119 Å². The van der Waals surface area contributed by atoms with E-state index in [2.05, 4.69) is 25.5 Å². The van der Waals surface area contributed by atoms with Gasteiger partial charge in [-0.15, -0.1) is 0 Å². The first kappa shape index (κ1) is 13.3. The van der Waals surface area contributed by atoms with Crippen molar-refractivity contribution in [3.8, 4) is 0 Å². The van der Waals surface area contributed by atoms with Gasteiger partial charge in [-0.1, -0.05) is 12.1 Å². The van der Waals surface area contributed by atoms with E-state index in [0.717, 1.165) is 61.8 Å². The van der Waals surface area contributed by atoms with Crippen LogP contribution in [0.3, 0.4) is 0 Å². The molecule has 0 radical (unpaired) electrons. The highest BCUT2D eigenvalue weighted by atomic mass is 15.2. The smallest absolute Gasteiger partial charge is 0.148 e. The number of piperazine rings is 1. The number of nitrogens with one attached hydrogen (secondary N) is 2. The summed E-state index contributed by atoms with van der Waals surface area (Å²) in [6, 6.07) is 7.99. The molecule has 0 aliphatic carbocycles. The summed E-state index contributed by atoms with van der Waals surface area (Å²) in [6.07, 6.45) is 0. The van der Waals surface area contributed by atoms with Gasteiger partial charge in [-0.2, -0.15) is 0 Å². The minimum absolute atomic E-state index is 0.902. The van der Waals surface area contributed by atoms with Crippen LogP contribution in [0.25, 0.3) is 11.0 Å². The standard InChI is InChI=1S/C15H21N5/c1-12-15(17-8-11-20-9-6-16-7-10-20)19-14-5-3-2-4-13(14)18-12/h2-5,16H,6-11H2,1H3,(H,17,19). The quantitative estimate of drug-likeness (QED) is 0.876. The molecule has 106 valence electrons. The zero-order valence-corrected chi connectivity index (χ0v) is 11.9. The number of nitrogens with zero attached hydrogens (tertiary/aromatic N) is 3. The number of fused-ring (bicyclic) bond motifs is 1. The van der Waals surface area contributed by atoms with Gasteiger partial charge in [-0.3, -0.25) is 4.90 Å². The second-order valence-corrected chi connectivity index (χ2v) is 5.16. The number of hydrogen-bond acceptors (Lipinski definition) is 5. The number of hydrogen-bond donors (Lipinski definition) is 2. The zero-order valence-electron chi connectivity index (χ0n) is 11.9. The maximum Gasteiger partial charge on any atom is 0.148 e. The van der Waals surface area contributed by atoms with Gasteiger partial charge in [-0.25, -0.2) is 9.97 Å². The Morgan fingerprint density at radius 1 is 1.15 bits per heavy atom. The fourth-order valence-electron chi connectivity index (χ4n) is 2.52. The summed E-state index contributed by atoms with van der Waals surface area (Å²) in [5.74, 6) is 0.902. The second-order valence-electron chi connectivity index (χ2n) is 5.16. The van der Waals surface area contributed by atoms with Crippen molar-refractivity contribution in [3.05, 3.63) is 30.0 Å². The number of aryl methyl sites for hydroxylation is 1. The van der Waals surface area contributed by atoms with E-state index >= 15 is 0 Å². The van der Waals surface area contributed by atoms with Gasteiger partial charge in [0, 0.05) is 39.3 Å². The van der Waals surface area contributed by atoms with Gasteiger partial charge in [0.2, 0.25) is 0 Å². The summed E-state index contributed by atoms with van der Waals surface area (Å²) in [7, 11) is 0. The summed E-state index contributed by atoms with van der Waals surface area (Å²) >= 11 is 0. The maximum absolute atomic E-state index is 4.65. The molecule has 1 saturated heterocycles. The van der Waals surface area contributed by atoms with E-state index in [1.165, 1.54) is 0 Å². The third-order valence-corrected chi connectivity index (χ3v) is 3.67. The van der Waals surface area contributed by atoms with Crippen molar-refractivity contribution in [1.82, 2.24) is 20.2 Å². The molecule has 0 amide bonds. The molecular weight excluding hydrogens is 250 g/mol. The number of para-hydroxylation sites is 2. The molecule has 0 saturated carbocycles. The third-order valence-electron chi connectivity index (χ3n) is 3.67. The van der Waals surface area contributed by atoms with Crippen LogP contribution in [0.5, 0.6) is 0 Å². The molecule has 0 atom stereocenters. The minimum atomic E-state index is 0.902. The van der Waals surface area contributed by atoms with E-state index in [9.17, 15) is 0 Å². The number of aromatic nitrogens is 2. The molecule has 0 spiro atoms. The fraction of sp³-hybridized carbons (Fsp3) is 0.467. The first-order valence-corrected chi connectivity index (χ1v) is 7.23. The van der Waals surface area contributed by atoms with Crippen molar-refractivity contribution < 1.29 is 0 Å². The maximum atomic E-state index is 4.65. The molecular formula is C15H21N5. The highest BCUT2D eigenvalue weighted by Gasteiger charge is 2.09. The number of benzene rings is 1. The monoisotopic (exact) mass is 271 g/mol. The molecule has 0 unspecified atom stereocenters. The van der Waals surface area contributed by atoms with Gasteiger partial charge in [-0.05, 0) is 19.1 Å². The van der Waals surface area contributed by atoms with Crippen LogP contribution in [0.4, 0.5) is 5.82 Å². The normalized spacial score (nSPS) is 16.4. The first-order valence-electron chi connectivity index (χ1n) is 7.23. The summed E-state index contributed by atoms with van der Waals surface area (Å²) in [6.45, 7) is 8.41. The van der Waals surface area contributed by atoms with E-state index in [1.807, 2.05) is 31.2 Å². The molecule has 5 nitrogen and oxygen atoms in total. The van der Waals surface area contributed by atoms with Crippen LogP contribution >= 0.6 is 0 Å². The topological polar surface area (TPSA) is 53.1 Å². The van der Waals surface area contributed by atoms with E-state index in [-0.39, 0.29) is 0 Å². The average molecular weight is 271 g/mol. The van der Waals surface area contributed by atoms with Crippen molar-refractivity contribution in [2.75, 3.05) is 44.6 Å². The van der Waals surface area contributed by atoms with Gasteiger partial charge < -0.3 is 10.6 Å². The van der Waals surface area contributed by atoms with Crippen LogP contribution in [0.15, 0.2) is 24.3 Å². The van der Waals surface area contributed by atoms with E-state index < -0.39 is 0 Å². The van der Waals surface area contributed by atoms with Crippen LogP contribution in [0.1, 0.15) is 5.69 Å². The lowest BCUT2D eigenvalue weighted by Crippen LogP contribution is -2.45. The molecule has 2 aromatic rings. The summed E-state index contributed by atoms with van der Waals surface area (Å²) < 4.78 is 0. The van der Waals surface area contributed by atoms with E-state index in [0.29, 0.717) is 0 Å². The van der Waals surface area contributed by atoms with Gasteiger partial charge in [0.1, 0.15) is 5.82 Å². The highest BCUT2D eigenvalue weighted by Crippen LogP contribution is 2.15. The van der Waals surface area contributed by atoms with E-state index in [4.69, 9.17) is 0 Å². The molecule has 2 heterocycles. The zero-order chi connectivity index (χ0) is 13.8. The predicted octanol–water partition coefficient (Wildman–Crippen LogP) is 1.26. The van der Waals surface area contributed by atoms with Crippen LogP contribution in [0, 0.1) is 6.92 Å². The Morgan fingerprint density at radius 3 is 2.60 bits per heavy atom. The Hall–Kier alpha value is -1.72. The molecule has 1 aliphatic rings. The summed E-state index contributed by atoms with van der Waals surface area (Å²) in [4.78, 5) is 11.7. The number of anilines is 1. The van der Waals surface area contributed by atoms with Crippen LogP contribution < -0.4 is 10.6 Å². The summed E-state index contributed by atoms with van der Waals surface area (Å²) in [5.41, 5.74) is 2.87. The van der Waals surface area contributed by atoms with Gasteiger partial charge in [0.05, 0.1) is 16.7 Å². The molecule has 1 aromatic heterocycles. The average Bonchev–Trinajstić information content (AvgIpc) is 2.49. The molecule has 5 heteroatoms. The predicted molar refractivity (Wildman–Crippen MR) is 82.1 cm³/mol. The second kappa shape index (κ2) is 6.15. The van der Waals surface area contributed by atoms with Gasteiger partial charge in [0.25, 0.3) is 0 Å². The molecule has 1 aromatic carbocycles. The lowest BCUT2D eigenvalue weighted by molar-refractivity contribution is 0.249. The Balaban J connectivity index is 1.63. The SMILES string of the molecule is Cc1nc2ccccc2nc1NCCN1CCNCC1. The van der Waals surface area contributed by atoms with Gasteiger partial charge >= 0.3 is 0 Å². The summed E-state index contributed by atoms with van der Waals surface area (Å²) in [5, 5.41) is 6.78. The lowest BCUT2D eigenvalue weighted by atomic mass is 10.3. The van der Waals surface area contributed by atoms with Crippen molar-refractivity contribution in [3.63, 3.8) is 0 Å². The van der Waals surface area contributed by atoms with Crippen molar-refractivity contribution in [1.29, 1.82) is 0 Å². The van der Waals surface area contributed by atoms with Crippen molar-refractivity contribution in [2.45, 2.75) is 6.92 Å². The van der Waals surface area contributed by atoms with Crippen LogP contribution in [-0.2, 0) is 0 Å². The Morgan fingerprint density at radius 2 is 1.85 bits per heavy atom. The third kappa shape index (κ3) is 3.05. The number of rotatable bonds is 4. The first-order chi connectivity index (χ1) is 9.83. The highest BCUT2D eigenvalue weighted by molar-refractivity contribution is 5.76. The largest absolute Gasteiger partial charge is 0.367 e. The molecule has 1 fully saturated rings. The molecule has 0 bridgehead atoms. The van der Waals surface area contributed by atoms with E-state index in [1.54, 1.807) is 0 Å². The Bertz CT molecular complexity index is 577. The van der Waals surface area contributed by atoms with Crippen LogP contribution in [-0.4, -0.2) is 54.1 Å². The minimum Gasteiger partial charge on any atom is -0.367 e. The molecule has 3 rings (SSSR count). The molecule has 1 aliphatic heterocycles. The van der Waals surface area contributed by atoms with Crippen molar-refractivity contribution >= 4 is 16.9 Å². The van der Waals surface area contributed by atoms with Gasteiger partial charge in [0.15, 0.2) is 0 Å². The lowest BCUT2D eigenvalue weighted by Gasteiger charge is -2.27. The molecule has 2 N–H and O–H groups in total. The fourth-order valence-corrected chi connectivity index (χ4v) is 2.52. The Kier molecular flexibility index (Phi) is 4.08. The van der Waals surface area contributed by atoms with Crippen LogP contribution in [0.2, 0.25) is 0 Å². The van der Waals surface area contributed by atoms with Crippen molar-refractivity contribution in [2.24, 2.45) is 0 Å².